The molecule has 0 spiro atoms. The van der Waals surface area contributed by atoms with Gasteiger partial charge in [0.05, 0.1) is 0 Å². The maximum atomic E-state index is 2.66. The highest BCUT2D eigenvalue weighted by Gasteiger charge is 2.70. The molecule has 1 saturated carbocycles. The molecule has 106 valence electrons. The Morgan fingerprint density at radius 3 is 1.06 bits per heavy atom. The largest absolute Gasteiger partial charge is 0.252 e. The van der Waals surface area contributed by atoms with Gasteiger partial charge in [-0.3, -0.25) is 9.80 Å². The summed E-state index contributed by atoms with van der Waals surface area (Å²) < 4.78 is 1.62. The van der Waals surface area contributed by atoms with Crippen LogP contribution in [0.5, 0.6) is 0 Å². The van der Waals surface area contributed by atoms with Crippen molar-refractivity contribution in [1.29, 1.82) is 0 Å². The maximum Gasteiger partial charge on any atom is 0.224 e. The first-order valence-electron chi connectivity index (χ1n) is 7.27. The first kappa shape index (κ1) is 16.6. The second-order valence-corrected chi connectivity index (χ2v) is 7.79. The van der Waals surface area contributed by atoms with Gasteiger partial charge >= 0.3 is 0 Å². The van der Waals surface area contributed by atoms with Crippen LogP contribution in [0.1, 0.15) is 55.4 Å². The molecule has 0 amide bonds. The predicted molar refractivity (Wildman–Crippen MR) is 89.1 cm³/mol. The van der Waals surface area contributed by atoms with Gasteiger partial charge < -0.3 is 0 Å². The van der Waals surface area contributed by atoms with Gasteiger partial charge in [0.1, 0.15) is 0 Å². The molecule has 3 heteroatoms. The molecule has 1 rings (SSSR count). The fourth-order valence-electron chi connectivity index (χ4n) is 3.30. The Morgan fingerprint density at radius 1 is 0.667 bits per heavy atom. The lowest BCUT2D eigenvalue weighted by atomic mass is 10.2. The van der Waals surface area contributed by atoms with E-state index < -0.39 is 0 Å². The van der Waals surface area contributed by atoms with Crippen LogP contribution in [0.15, 0.2) is 0 Å². The Bertz CT molecular complexity index is 221. The molecule has 1 fully saturated rings. The topological polar surface area (TPSA) is 6.48 Å². The molecular weight excluding hydrogens is 335 g/mol. The van der Waals surface area contributed by atoms with Crippen molar-refractivity contribution in [2.75, 3.05) is 0 Å². The minimum atomic E-state index is 0.617. The van der Waals surface area contributed by atoms with Crippen molar-refractivity contribution in [2.45, 2.75) is 91.6 Å². The quantitative estimate of drug-likeness (QED) is 0.520. The SMILES string of the molecule is CC(C)N(C(C)C)C1[C+](I)C1N(C(C)C)C(C)C. The van der Waals surface area contributed by atoms with Crippen molar-refractivity contribution >= 4 is 22.6 Å². The molecule has 0 N–H and O–H groups in total. The summed E-state index contributed by atoms with van der Waals surface area (Å²) in [6, 6.07) is 3.76. The van der Waals surface area contributed by atoms with E-state index in [1.165, 1.54) is 0 Å². The fraction of sp³-hybridized carbons (Fsp3) is 0.933. The summed E-state index contributed by atoms with van der Waals surface area (Å²) in [6.45, 7) is 18.5. The summed E-state index contributed by atoms with van der Waals surface area (Å²) >= 11 is 2.58. The van der Waals surface area contributed by atoms with Crippen LogP contribution in [0.4, 0.5) is 0 Å². The van der Waals surface area contributed by atoms with Gasteiger partial charge in [-0.15, -0.1) is 0 Å². The normalized spacial score (nSPS) is 24.5. The third-order valence-electron chi connectivity index (χ3n) is 3.78. The van der Waals surface area contributed by atoms with E-state index in [0.717, 1.165) is 0 Å². The van der Waals surface area contributed by atoms with Gasteiger partial charge in [-0.05, 0) is 55.4 Å². The highest BCUT2D eigenvalue weighted by Crippen LogP contribution is 2.50. The maximum absolute atomic E-state index is 2.66. The Hall–Kier alpha value is 0.520. The number of rotatable bonds is 6. The van der Waals surface area contributed by atoms with E-state index in [1.54, 1.807) is 3.92 Å². The Labute approximate surface area is 128 Å². The van der Waals surface area contributed by atoms with E-state index in [2.05, 4.69) is 87.8 Å². The van der Waals surface area contributed by atoms with Gasteiger partial charge in [0, 0.05) is 24.2 Å². The lowest BCUT2D eigenvalue weighted by Crippen LogP contribution is -2.46. The van der Waals surface area contributed by atoms with E-state index >= 15 is 0 Å². The molecule has 1 aliphatic rings. The molecule has 0 aromatic carbocycles. The predicted octanol–water partition coefficient (Wildman–Crippen LogP) is 3.94. The lowest BCUT2D eigenvalue weighted by Gasteiger charge is -2.30. The highest BCUT2D eigenvalue weighted by atomic mass is 127. The molecular formula is C15H30IN2+. The van der Waals surface area contributed by atoms with Crippen LogP contribution in [0.2, 0.25) is 0 Å². The average molecular weight is 365 g/mol. The summed E-state index contributed by atoms with van der Waals surface area (Å²) in [5, 5.41) is 0. The van der Waals surface area contributed by atoms with Crippen molar-refractivity contribution in [3.63, 3.8) is 0 Å². The smallest absolute Gasteiger partial charge is 0.224 e. The molecule has 0 radical (unpaired) electrons. The molecule has 18 heavy (non-hydrogen) atoms. The van der Waals surface area contributed by atoms with Gasteiger partial charge in [-0.1, -0.05) is 0 Å². The Kier molecular flexibility index (Phi) is 5.81. The van der Waals surface area contributed by atoms with Crippen LogP contribution in [-0.2, 0) is 0 Å². The third kappa shape index (κ3) is 3.34. The minimum absolute atomic E-state index is 0.617. The molecule has 0 saturated heterocycles. The van der Waals surface area contributed by atoms with Gasteiger partial charge in [0.15, 0.2) is 0 Å². The van der Waals surface area contributed by atoms with Crippen LogP contribution in [0.3, 0.4) is 0 Å². The van der Waals surface area contributed by atoms with E-state index in [-0.39, 0.29) is 0 Å². The summed E-state index contributed by atoms with van der Waals surface area (Å²) in [5.41, 5.74) is 0. The molecule has 2 atom stereocenters. The second kappa shape index (κ2) is 6.31. The summed E-state index contributed by atoms with van der Waals surface area (Å²) in [7, 11) is 0. The first-order chi connectivity index (χ1) is 8.20. The van der Waals surface area contributed by atoms with Crippen molar-refractivity contribution in [1.82, 2.24) is 9.80 Å². The molecule has 2 nitrogen and oxygen atoms in total. The van der Waals surface area contributed by atoms with Crippen LogP contribution in [0, 0.1) is 3.92 Å². The van der Waals surface area contributed by atoms with Crippen molar-refractivity contribution < 1.29 is 0 Å². The van der Waals surface area contributed by atoms with E-state index in [9.17, 15) is 0 Å². The lowest BCUT2D eigenvalue weighted by molar-refractivity contribution is 0.108. The van der Waals surface area contributed by atoms with Crippen molar-refractivity contribution in [3.05, 3.63) is 3.92 Å². The number of hydrogen-bond acceptors (Lipinski definition) is 2. The summed E-state index contributed by atoms with van der Waals surface area (Å²) in [5.74, 6) is 0. The van der Waals surface area contributed by atoms with Crippen LogP contribution < -0.4 is 0 Å². The van der Waals surface area contributed by atoms with E-state index in [0.29, 0.717) is 36.3 Å². The fourth-order valence-corrected chi connectivity index (χ4v) is 4.44. The zero-order valence-electron chi connectivity index (χ0n) is 13.2. The van der Waals surface area contributed by atoms with E-state index in [1.807, 2.05) is 0 Å². The van der Waals surface area contributed by atoms with Gasteiger partial charge in [0.25, 0.3) is 0 Å². The Balaban J connectivity index is 2.82. The number of halogens is 1. The molecule has 0 bridgehead atoms. The monoisotopic (exact) mass is 365 g/mol. The minimum Gasteiger partial charge on any atom is -0.252 e. The van der Waals surface area contributed by atoms with Crippen molar-refractivity contribution in [3.8, 4) is 0 Å². The third-order valence-corrected chi connectivity index (χ3v) is 5.06. The van der Waals surface area contributed by atoms with Gasteiger partial charge in [-0.2, -0.15) is 0 Å². The standard InChI is InChI=1S/C15H30IN2/c1-9(2)17(10(3)4)14-13(16)15(14)18(11(5)6)12(7)8/h9-12,14-15H,1-8H3/q+1. The Morgan fingerprint density at radius 2 is 0.889 bits per heavy atom. The van der Waals surface area contributed by atoms with Gasteiger partial charge in [-0.25, -0.2) is 0 Å². The second-order valence-electron chi connectivity index (χ2n) is 6.54. The highest BCUT2D eigenvalue weighted by molar-refractivity contribution is 14.1. The number of hydrogen-bond donors (Lipinski definition) is 0. The molecule has 0 aromatic rings. The summed E-state index contributed by atoms with van der Waals surface area (Å²) in [4.78, 5) is 5.31. The molecule has 0 aliphatic heterocycles. The molecule has 0 aromatic heterocycles. The zero-order chi connectivity index (χ0) is 14.2. The summed E-state index contributed by atoms with van der Waals surface area (Å²) in [6.07, 6.45) is 0. The zero-order valence-corrected chi connectivity index (χ0v) is 15.4. The van der Waals surface area contributed by atoms with Crippen molar-refractivity contribution in [2.24, 2.45) is 0 Å². The average Bonchev–Trinajstić information content (AvgIpc) is 2.76. The molecule has 1 aliphatic carbocycles. The molecule has 2 unspecified atom stereocenters. The number of nitrogens with zero attached hydrogens (tertiary/aromatic N) is 2. The molecule has 0 heterocycles. The van der Waals surface area contributed by atoms with Crippen LogP contribution in [0.25, 0.3) is 0 Å². The van der Waals surface area contributed by atoms with Crippen LogP contribution in [-0.4, -0.2) is 46.1 Å². The van der Waals surface area contributed by atoms with Crippen LogP contribution >= 0.6 is 22.6 Å². The van der Waals surface area contributed by atoms with Gasteiger partial charge in [0.2, 0.25) is 38.6 Å². The first-order valence-corrected chi connectivity index (χ1v) is 8.35. The van der Waals surface area contributed by atoms with E-state index in [4.69, 9.17) is 0 Å².